The minimum absolute atomic E-state index is 0.00833. The van der Waals surface area contributed by atoms with E-state index >= 15 is 0 Å². The number of halogens is 3. The first-order valence-corrected chi connectivity index (χ1v) is 6.59. The summed E-state index contributed by atoms with van der Waals surface area (Å²) in [7, 11) is 0. The number of alkyl halides is 3. The van der Waals surface area contributed by atoms with Crippen LogP contribution in [0.25, 0.3) is 0 Å². The first-order chi connectivity index (χ1) is 10.3. The molecule has 0 amide bonds. The lowest BCUT2D eigenvalue weighted by atomic mass is 10.3. The molecule has 1 saturated carbocycles. The zero-order valence-corrected chi connectivity index (χ0v) is 11.6. The number of nitrogens with zero attached hydrogens (tertiary/aromatic N) is 2. The van der Waals surface area contributed by atoms with Gasteiger partial charge in [-0.1, -0.05) is 18.2 Å². The summed E-state index contributed by atoms with van der Waals surface area (Å²) in [6, 6.07) is 9.49. The quantitative estimate of drug-likeness (QED) is 0.703. The molecule has 1 aromatic carbocycles. The lowest BCUT2D eigenvalue weighted by Crippen LogP contribution is -2.16. The molecule has 1 fully saturated rings. The maximum atomic E-state index is 12.5. The van der Waals surface area contributed by atoms with Crippen molar-refractivity contribution in [3.63, 3.8) is 0 Å². The van der Waals surface area contributed by atoms with Crippen LogP contribution in [0.4, 0.5) is 30.4 Å². The van der Waals surface area contributed by atoms with E-state index in [0.717, 1.165) is 18.5 Å². The average Bonchev–Trinajstić information content (AvgIpc) is 3.26. The van der Waals surface area contributed by atoms with Crippen molar-refractivity contribution in [3.05, 3.63) is 41.9 Å². The van der Waals surface area contributed by atoms with Crippen LogP contribution in [0.3, 0.4) is 0 Å². The number of rotatable bonds is 1. The van der Waals surface area contributed by atoms with Gasteiger partial charge in [-0.2, -0.15) is 13.2 Å². The Bertz CT molecular complexity index is 639. The average molecular weight is 311 g/mol. The SMILES string of the molecule is Nc1ccccc1.Nc1nc(C2CC2)nc(C(F)(F)F)c1N. The minimum atomic E-state index is -4.58. The molecule has 2 aromatic rings. The fourth-order valence-electron chi connectivity index (χ4n) is 1.70. The van der Waals surface area contributed by atoms with E-state index in [1.165, 1.54) is 0 Å². The van der Waals surface area contributed by atoms with Gasteiger partial charge in [0.1, 0.15) is 11.5 Å². The second-order valence-corrected chi connectivity index (χ2v) is 4.91. The monoisotopic (exact) mass is 311 g/mol. The van der Waals surface area contributed by atoms with Crippen LogP contribution in [0.5, 0.6) is 0 Å². The molecule has 0 aliphatic heterocycles. The largest absolute Gasteiger partial charge is 0.435 e. The number of benzene rings is 1. The van der Waals surface area contributed by atoms with Crippen LogP contribution in [0.2, 0.25) is 0 Å². The van der Waals surface area contributed by atoms with Crippen molar-refractivity contribution in [1.29, 1.82) is 0 Å². The number of nitrogen functional groups attached to an aromatic ring is 3. The number of para-hydroxylation sites is 1. The molecule has 0 spiro atoms. The van der Waals surface area contributed by atoms with E-state index in [1.54, 1.807) is 0 Å². The Balaban J connectivity index is 0.000000211. The summed E-state index contributed by atoms with van der Waals surface area (Å²) >= 11 is 0. The van der Waals surface area contributed by atoms with Crippen LogP contribution in [-0.4, -0.2) is 9.97 Å². The normalized spacial score (nSPS) is 14.1. The fraction of sp³-hybridized carbons (Fsp3) is 0.286. The van der Waals surface area contributed by atoms with Gasteiger partial charge >= 0.3 is 6.18 Å². The van der Waals surface area contributed by atoms with Crippen LogP contribution >= 0.6 is 0 Å². The highest BCUT2D eigenvalue weighted by Crippen LogP contribution is 2.41. The second-order valence-electron chi connectivity index (χ2n) is 4.91. The summed E-state index contributed by atoms with van der Waals surface area (Å²) in [4.78, 5) is 7.18. The molecular formula is C14H16F3N5. The summed E-state index contributed by atoms with van der Waals surface area (Å²) < 4.78 is 37.4. The van der Waals surface area contributed by atoms with Crippen molar-refractivity contribution < 1.29 is 13.2 Å². The van der Waals surface area contributed by atoms with Crippen molar-refractivity contribution in [2.24, 2.45) is 0 Å². The van der Waals surface area contributed by atoms with Gasteiger partial charge in [0.05, 0.1) is 0 Å². The smallest absolute Gasteiger partial charge is 0.399 e. The molecule has 6 N–H and O–H groups in total. The Morgan fingerprint density at radius 3 is 1.95 bits per heavy atom. The van der Waals surface area contributed by atoms with Crippen molar-refractivity contribution >= 4 is 17.2 Å². The lowest BCUT2D eigenvalue weighted by Gasteiger charge is -2.11. The lowest BCUT2D eigenvalue weighted by molar-refractivity contribution is -0.140. The van der Waals surface area contributed by atoms with E-state index < -0.39 is 17.6 Å². The molecular weight excluding hydrogens is 295 g/mol. The molecule has 1 aliphatic carbocycles. The highest BCUT2D eigenvalue weighted by Gasteiger charge is 2.38. The molecule has 8 heteroatoms. The van der Waals surface area contributed by atoms with Crippen LogP contribution < -0.4 is 17.2 Å². The maximum Gasteiger partial charge on any atom is 0.435 e. The number of nitrogens with two attached hydrogens (primary N) is 3. The number of hydrogen-bond acceptors (Lipinski definition) is 5. The van der Waals surface area contributed by atoms with Crippen molar-refractivity contribution in [3.8, 4) is 0 Å². The zero-order chi connectivity index (χ0) is 16.3. The van der Waals surface area contributed by atoms with Crippen LogP contribution in [0, 0.1) is 0 Å². The van der Waals surface area contributed by atoms with E-state index in [4.69, 9.17) is 17.2 Å². The van der Waals surface area contributed by atoms with Crippen molar-refractivity contribution in [2.75, 3.05) is 17.2 Å². The Hall–Kier alpha value is -2.51. The van der Waals surface area contributed by atoms with Gasteiger partial charge in [0.25, 0.3) is 0 Å². The maximum absolute atomic E-state index is 12.5. The highest BCUT2D eigenvalue weighted by molar-refractivity contribution is 5.62. The molecule has 1 aromatic heterocycles. The predicted molar refractivity (Wildman–Crippen MR) is 78.7 cm³/mol. The summed E-state index contributed by atoms with van der Waals surface area (Å²) in [6.45, 7) is 0. The van der Waals surface area contributed by atoms with E-state index in [-0.39, 0.29) is 17.6 Å². The number of hydrogen-bond donors (Lipinski definition) is 3. The van der Waals surface area contributed by atoms with Gasteiger partial charge in [-0.15, -0.1) is 0 Å². The molecule has 1 aliphatic rings. The third kappa shape index (κ3) is 4.00. The second kappa shape index (κ2) is 6.08. The summed E-state index contributed by atoms with van der Waals surface area (Å²) in [5, 5.41) is 0. The van der Waals surface area contributed by atoms with Gasteiger partial charge in [-0.05, 0) is 25.0 Å². The topological polar surface area (TPSA) is 104 Å². The van der Waals surface area contributed by atoms with E-state index in [0.29, 0.717) is 0 Å². The Morgan fingerprint density at radius 1 is 0.955 bits per heavy atom. The molecule has 0 saturated heterocycles. The van der Waals surface area contributed by atoms with Crippen LogP contribution in [0.1, 0.15) is 30.3 Å². The van der Waals surface area contributed by atoms with Gasteiger partial charge in [0, 0.05) is 11.6 Å². The van der Waals surface area contributed by atoms with E-state index in [1.807, 2.05) is 30.3 Å². The Kier molecular flexibility index (Phi) is 4.39. The van der Waals surface area contributed by atoms with E-state index in [2.05, 4.69) is 9.97 Å². The van der Waals surface area contributed by atoms with Gasteiger partial charge < -0.3 is 17.2 Å². The molecule has 0 atom stereocenters. The first-order valence-electron chi connectivity index (χ1n) is 6.59. The Morgan fingerprint density at radius 2 is 1.55 bits per heavy atom. The molecule has 1 heterocycles. The predicted octanol–water partition coefficient (Wildman–Crippen LogP) is 2.81. The van der Waals surface area contributed by atoms with Gasteiger partial charge in [-0.3, -0.25) is 0 Å². The first kappa shape index (κ1) is 15.9. The number of anilines is 3. The van der Waals surface area contributed by atoms with Gasteiger partial charge in [0.2, 0.25) is 0 Å². The third-order valence-electron chi connectivity index (χ3n) is 3.00. The summed E-state index contributed by atoms with van der Waals surface area (Å²) in [5.41, 5.74) is 15.0. The minimum Gasteiger partial charge on any atom is -0.399 e. The molecule has 3 rings (SSSR count). The Labute approximate surface area is 125 Å². The molecule has 0 radical (unpaired) electrons. The van der Waals surface area contributed by atoms with Crippen molar-refractivity contribution in [1.82, 2.24) is 9.97 Å². The third-order valence-corrected chi connectivity index (χ3v) is 3.00. The molecule has 118 valence electrons. The summed E-state index contributed by atoms with van der Waals surface area (Å²) in [6.07, 6.45) is -2.97. The molecule has 0 unspecified atom stereocenters. The van der Waals surface area contributed by atoms with Gasteiger partial charge in [0.15, 0.2) is 11.5 Å². The molecule has 0 bridgehead atoms. The van der Waals surface area contributed by atoms with Gasteiger partial charge in [-0.25, -0.2) is 9.97 Å². The van der Waals surface area contributed by atoms with Crippen LogP contribution in [0.15, 0.2) is 30.3 Å². The molecule has 22 heavy (non-hydrogen) atoms. The highest BCUT2D eigenvalue weighted by atomic mass is 19.4. The van der Waals surface area contributed by atoms with Crippen LogP contribution in [-0.2, 0) is 6.18 Å². The standard InChI is InChI=1S/C8H9F3N4.C6H7N/c9-8(10,11)5-4(12)6(13)15-7(14-5)3-1-2-3;7-6-4-2-1-3-5-6/h3H,1-2,12H2,(H2,13,14,15);1-5H,7H2. The zero-order valence-electron chi connectivity index (χ0n) is 11.6. The number of aromatic nitrogens is 2. The van der Waals surface area contributed by atoms with Crippen molar-refractivity contribution in [2.45, 2.75) is 24.9 Å². The van der Waals surface area contributed by atoms with E-state index in [9.17, 15) is 13.2 Å². The molecule has 5 nitrogen and oxygen atoms in total. The fourth-order valence-corrected chi connectivity index (χ4v) is 1.70. The summed E-state index contributed by atoms with van der Waals surface area (Å²) in [5.74, 6) is -0.137.